The maximum atomic E-state index is 13.0. The van der Waals surface area contributed by atoms with Crippen LogP contribution in [-0.4, -0.2) is 67.0 Å². The van der Waals surface area contributed by atoms with E-state index in [2.05, 4.69) is 26.9 Å². The van der Waals surface area contributed by atoms with Crippen LogP contribution in [0.15, 0.2) is 12.3 Å². The zero-order chi connectivity index (χ0) is 16.7. The van der Waals surface area contributed by atoms with Gasteiger partial charge in [0.1, 0.15) is 0 Å². The van der Waals surface area contributed by atoms with Crippen molar-refractivity contribution in [2.75, 3.05) is 19.6 Å². The molecule has 2 atom stereocenters. The fourth-order valence-electron chi connectivity index (χ4n) is 4.25. The van der Waals surface area contributed by atoms with E-state index in [4.69, 9.17) is 0 Å². The minimum absolute atomic E-state index is 0.0506. The molecule has 0 spiro atoms. The molecule has 128 valence electrons. The van der Waals surface area contributed by atoms with Crippen molar-refractivity contribution in [1.82, 2.24) is 29.4 Å². The average Bonchev–Trinajstić information content (AvgIpc) is 3.31. The first-order chi connectivity index (χ1) is 11.7. The number of aryl methyl sites for hydroxylation is 1. The molecule has 4 heterocycles. The molecule has 0 aliphatic carbocycles. The number of hydrogen-bond acceptors (Lipinski definition) is 5. The number of fused-ring (bicyclic) bond motifs is 1. The molecule has 7 nitrogen and oxygen atoms in total. The van der Waals surface area contributed by atoms with Crippen molar-refractivity contribution < 1.29 is 4.79 Å². The summed E-state index contributed by atoms with van der Waals surface area (Å²) in [6, 6.07) is 2.64. The molecule has 4 rings (SSSR count). The van der Waals surface area contributed by atoms with Crippen LogP contribution in [-0.2, 0) is 0 Å². The second kappa shape index (κ2) is 6.12. The van der Waals surface area contributed by atoms with Crippen LogP contribution in [0.5, 0.6) is 0 Å². The van der Waals surface area contributed by atoms with Gasteiger partial charge in [-0.2, -0.15) is 4.98 Å². The van der Waals surface area contributed by atoms with Gasteiger partial charge >= 0.3 is 0 Å². The lowest BCUT2D eigenvalue weighted by Crippen LogP contribution is -2.48. The summed E-state index contributed by atoms with van der Waals surface area (Å²) in [6.07, 6.45) is 6.25. The van der Waals surface area contributed by atoms with Crippen molar-refractivity contribution in [3.8, 4) is 0 Å². The molecule has 2 aliphatic heterocycles. The Morgan fingerprint density at radius 2 is 2.04 bits per heavy atom. The molecule has 7 heteroatoms. The molecular formula is C17H24N6O. The summed E-state index contributed by atoms with van der Waals surface area (Å²) in [7, 11) is 0. The van der Waals surface area contributed by atoms with Gasteiger partial charge in [0.2, 0.25) is 5.82 Å². The fourth-order valence-corrected chi connectivity index (χ4v) is 4.25. The van der Waals surface area contributed by atoms with Gasteiger partial charge in [-0.1, -0.05) is 6.92 Å². The lowest BCUT2D eigenvalue weighted by atomic mass is 10.0. The van der Waals surface area contributed by atoms with Crippen LogP contribution in [0.4, 0.5) is 0 Å². The molecule has 0 aromatic carbocycles. The molecule has 2 fully saturated rings. The summed E-state index contributed by atoms with van der Waals surface area (Å²) in [5.74, 6) is 0.709. The Labute approximate surface area is 141 Å². The number of carbonyl (C=O) groups is 1. The van der Waals surface area contributed by atoms with Crippen molar-refractivity contribution in [2.24, 2.45) is 0 Å². The largest absolute Gasteiger partial charge is 0.331 e. The number of carbonyl (C=O) groups excluding carboxylic acids is 1. The van der Waals surface area contributed by atoms with Crippen LogP contribution in [0.1, 0.15) is 48.9 Å². The number of hydrogen-bond donors (Lipinski definition) is 0. The van der Waals surface area contributed by atoms with Gasteiger partial charge in [0.15, 0.2) is 0 Å². The molecule has 0 saturated carbocycles. The Kier molecular flexibility index (Phi) is 3.96. The van der Waals surface area contributed by atoms with Gasteiger partial charge < -0.3 is 4.90 Å². The highest BCUT2D eigenvalue weighted by Gasteiger charge is 2.40. The highest BCUT2D eigenvalue weighted by atomic mass is 16.2. The van der Waals surface area contributed by atoms with E-state index in [-0.39, 0.29) is 11.7 Å². The maximum absolute atomic E-state index is 13.0. The number of likely N-dealkylation sites (tertiary alicyclic amines) is 2. The Hall–Kier alpha value is -2.02. The SMILES string of the molecule is CCN1CCC[C@H]1[C@@H]1CCCN1C(=O)c1nc2nccc(C)n2n1. The fraction of sp³-hybridized carbons (Fsp3) is 0.647. The Balaban J connectivity index is 1.61. The van der Waals surface area contributed by atoms with Crippen LogP contribution in [0.25, 0.3) is 5.78 Å². The molecule has 2 saturated heterocycles. The summed E-state index contributed by atoms with van der Waals surface area (Å²) in [5, 5.41) is 4.40. The van der Waals surface area contributed by atoms with Gasteiger partial charge in [-0.25, -0.2) is 9.50 Å². The first kappa shape index (κ1) is 15.5. The van der Waals surface area contributed by atoms with E-state index >= 15 is 0 Å². The van der Waals surface area contributed by atoms with Crippen molar-refractivity contribution in [3.05, 3.63) is 23.8 Å². The summed E-state index contributed by atoms with van der Waals surface area (Å²) < 4.78 is 1.65. The van der Waals surface area contributed by atoms with Gasteiger partial charge in [-0.05, 0) is 51.8 Å². The van der Waals surface area contributed by atoms with Gasteiger partial charge in [0.25, 0.3) is 11.7 Å². The van der Waals surface area contributed by atoms with Crippen LogP contribution < -0.4 is 0 Å². The zero-order valence-electron chi connectivity index (χ0n) is 14.4. The summed E-state index contributed by atoms with van der Waals surface area (Å²) in [4.78, 5) is 26.1. The second-order valence-electron chi connectivity index (χ2n) is 6.78. The monoisotopic (exact) mass is 328 g/mol. The van der Waals surface area contributed by atoms with Gasteiger partial charge in [-0.15, -0.1) is 5.10 Å². The molecule has 24 heavy (non-hydrogen) atoms. The molecule has 0 radical (unpaired) electrons. The number of likely N-dealkylation sites (N-methyl/N-ethyl adjacent to an activating group) is 1. The van der Waals surface area contributed by atoms with Gasteiger partial charge in [0, 0.05) is 30.5 Å². The average molecular weight is 328 g/mol. The Morgan fingerprint density at radius 3 is 2.83 bits per heavy atom. The number of aromatic nitrogens is 4. The second-order valence-corrected chi connectivity index (χ2v) is 6.78. The van der Waals surface area contributed by atoms with Crippen LogP contribution in [0.3, 0.4) is 0 Å². The highest BCUT2D eigenvalue weighted by Crippen LogP contribution is 2.30. The molecule has 2 aromatic rings. The van der Waals surface area contributed by atoms with E-state index in [0.29, 0.717) is 17.9 Å². The molecular weight excluding hydrogens is 304 g/mol. The summed E-state index contributed by atoms with van der Waals surface area (Å²) in [6.45, 7) is 7.15. The predicted octanol–water partition coefficient (Wildman–Crippen LogP) is 1.52. The number of amides is 1. The topological polar surface area (TPSA) is 66.6 Å². The first-order valence-electron chi connectivity index (χ1n) is 8.92. The zero-order valence-corrected chi connectivity index (χ0v) is 14.4. The minimum Gasteiger partial charge on any atom is -0.331 e. The third-order valence-electron chi connectivity index (χ3n) is 5.45. The molecule has 2 aliphatic rings. The standard InChI is InChI=1S/C17H24N6O/c1-3-21-10-4-6-13(21)14-7-5-11-22(14)16(24)15-19-17-18-9-8-12(2)23(17)20-15/h8-9,13-14H,3-7,10-11H2,1-2H3/t13-,14-/m0/s1. The van der Waals surface area contributed by atoms with Crippen LogP contribution in [0, 0.1) is 6.92 Å². The quantitative estimate of drug-likeness (QED) is 0.855. The third kappa shape index (κ3) is 2.47. The number of rotatable bonds is 3. The molecule has 2 aromatic heterocycles. The number of nitrogens with zero attached hydrogens (tertiary/aromatic N) is 6. The summed E-state index contributed by atoms with van der Waals surface area (Å²) in [5.41, 5.74) is 0.928. The minimum atomic E-state index is -0.0506. The van der Waals surface area contributed by atoms with E-state index in [9.17, 15) is 4.79 Å². The van der Waals surface area contributed by atoms with Crippen molar-refractivity contribution in [3.63, 3.8) is 0 Å². The highest BCUT2D eigenvalue weighted by molar-refractivity contribution is 5.91. The van der Waals surface area contributed by atoms with Crippen LogP contribution >= 0.6 is 0 Å². The Bertz CT molecular complexity index is 757. The van der Waals surface area contributed by atoms with E-state index in [1.165, 1.54) is 12.8 Å². The van der Waals surface area contributed by atoms with E-state index in [1.54, 1.807) is 10.7 Å². The van der Waals surface area contributed by atoms with Crippen molar-refractivity contribution >= 4 is 11.7 Å². The summed E-state index contributed by atoms with van der Waals surface area (Å²) >= 11 is 0. The maximum Gasteiger partial charge on any atom is 0.293 e. The van der Waals surface area contributed by atoms with E-state index < -0.39 is 0 Å². The predicted molar refractivity (Wildman–Crippen MR) is 89.8 cm³/mol. The Morgan fingerprint density at radius 1 is 1.25 bits per heavy atom. The molecule has 0 N–H and O–H groups in total. The molecule has 0 unspecified atom stereocenters. The lowest BCUT2D eigenvalue weighted by Gasteiger charge is -2.34. The van der Waals surface area contributed by atoms with Crippen LogP contribution in [0.2, 0.25) is 0 Å². The lowest BCUT2D eigenvalue weighted by molar-refractivity contribution is 0.0638. The van der Waals surface area contributed by atoms with E-state index in [0.717, 1.165) is 38.2 Å². The van der Waals surface area contributed by atoms with Crippen molar-refractivity contribution in [2.45, 2.75) is 51.6 Å². The molecule has 0 bridgehead atoms. The molecule has 1 amide bonds. The van der Waals surface area contributed by atoms with Gasteiger partial charge in [-0.3, -0.25) is 9.69 Å². The normalized spacial score (nSPS) is 25.0. The van der Waals surface area contributed by atoms with Crippen molar-refractivity contribution in [1.29, 1.82) is 0 Å². The van der Waals surface area contributed by atoms with E-state index in [1.807, 2.05) is 17.9 Å². The third-order valence-corrected chi connectivity index (χ3v) is 5.45. The first-order valence-corrected chi connectivity index (χ1v) is 8.92. The smallest absolute Gasteiger partial charge is 0.293 e. The van der Waals surface area contributed by atoms with Gasteiger partial charge in [0.05, 0.1) is 0 Å².